The van der Waals surface area contributed by atoms with Gasteiger partial charge in [-0.2, -0.15) is 0 Å². The van der Waals surface area contributed by atoms with E-state index in [0.29, 0.717) is 0 Å². The molecule has 0 spiro atoms. The monoisotopic (exact) mass is 242 g/mol. The average molecular weight is 242 g/mol. The fourth-order valence-electron chi connectivity index (χ4n) is 2.93. The molecule has 0 saturated heterocycles. The molecule has 1 aromatic heterocycles. The molecule has 1 aliphatic carbocycles. The SMILES string of the molecule is NC1(Cc2ccc3[nH]c4c(c3c2)COCC4)CC1. The van der Waals surface area contributed by atoms with Crippen LogP contribution in [0.2, 0.25) is 0 Å². The molecule has 2 aromatic rings. The predicted molar refractivity (Wildman–Crippen MR) is 71.5 cm³/mol. The van der Waals surface area contributed by atoms with Gasteiger partial charge in [-0.05, 0) is 37.0 Å². The highest BCUT2D eigenvalue weighted by Crippen LogP contribution is 2.36. The van der Waals surface area contributed by atoms with Gasteiger partial charge in [0, 0.05) is 34.1 Å². The minimum Gasteiger partial charge on any atom is -0.376 e. The summed E-state index contributed by atoms with van der Waals surface area (Å²) < 4.78 is 5.57. The van der Waals surface area contributed by atoms with Gasteiger partial charge in [-0.25, -0.2) is 0 Å². The first-order chi connectivity index (χ1) is 8.73. The molecule has 94 valence electrons. The van der Waals surface area contributed by atoms with Crippen molar-refractivity contribution in [2.45, 2.75) is 37.8 Å². The Morgan fingerprint density at radius 3 is 3.06 bits per heavy atom. The van der Waals surface area contributed by atoms with Gasteiger partial charge in [0.15, 0.2) is 0 Å². The molecule has 1 saturated carbocycles. The largest absolute Gasteiger partial charge is 0.376 e. The molecule has 0 radical (unpaired) electrons. The van der Waals surface area contributed by atoms with Gasteiger partial charge in [0.25, 0.3) is 0 Å². The summed E-state index contributed by atoms with van der Waals surface area (Å²) in [7, 11) is 0. The number of nitrogens with one attached hydrogen (secondary N) is 1. The molecule has 4 rings (SSSR count). The molecule has 0 atom stereocenters. The highest BCUT2D eigenvalue weighted by atomic mass is 16.5. The standard InChI is InChI=1S/C15H18N2O/c16-15(4-5-15)8-10-1-2-13-11(7-10)12-9-18-6-3-14(12)17-13/h1-2,7,17H,3-6,8-9,16H2. The molecule has 3 nitrogen and oxygen atoms in total. The van der Waals surface area contributed by atoms with E-state index in [0.717, 1.165) is 26.1 Å². The number of H-pyrrole nitrogens is 1. The van der Waals surface area contributed by atoms with Crippen LogP contribution in [0.4, 0.5) is 0 Å². The van der Waals surface area contributed by atoms with Crippen LogP contribution in [0, 0.1) is 0 Å². The van der Waals surface area contributed by atoms with Crippen molar-refractivity contribution in [3.05, 3.63) is 35.0 Å². The number of benzene rings is 1. The topological polar surface area (TPSA) is 51.0 Å². The fourth-order valence-corrected chi connectivity index (χ4v) is 2.93. The molecular formula is C15H18N2O. The van der Waals surface area contributed by atoms with E-state index in [2.05, 4.69) is 23.2 Å². The molecule has 3 heteroatoms. The van der Waals surface area contributed by atoms with Gasteiger partial charge in [-0.15, -0.1) is 0 Å². The van der Waals surface area contributed by atoms with Crippen LogP contribution < -0.4 is 5.73 Å². The van der Waals surface area contributed by atoms with E-state index >= 15 is 0 Å². The number of aromatic amines is 1. The van der Waals surface area contributed by atoms with Crippen molar-refractivity contribution in [1.29, 1.82) is 0 Å². The van der Waals surface area contributed by atoms with Gasteiger partial charge >= 0.3 is 0 Å². The van der Waals surface area contributed by atoms with Crippen molar-refractivity contribution >= 4 is 10.9 Å². The predicted octanol–water partition coefficient (Wildman–Crippen LogP) is 2.27. The van der Waals surface area contributed by atoms with Crippen LogP contribution in [0.3, 0.4) is 0 Å². The van der Waals surface area contributed by atoms with Gasteiger partial charge in [0.2, 0.25) is 0 Å². The Kier molecular flexibility index (Phi) is 2.11. The quantitative estimate of drug-likeness (QED) is 0.848. The normalized spacial score (nSPS) is 20.9. The second-order valence-corrected chi connectivity index (χ2v) is 5.80. The third kappa shape index (κ3) is 1.66. The fraction of sp³-hybridized carbons (Fsp3) is 0.467. The Morgan fingerprint density at radius 2 is 2.22 bits per heavy atom. The number of fused-ring (bicyclic) bond motifs is 3. The van der Waals surface area contributed by atoms with Crippen molar-refractivity contribution in [1.82, 2.24) is 4.98 Å². The number of rotatable bonds is 2. The van der Waals surface area contributed by atoms with Crippen molar-refractivity contribution < 1.29 is 4.74 Å². The summed E-state index contributed by atoms with van der Waals surface area (Å²) in [4.78, 5) is 3.51. The zero-order valence-corrected chi connectivity index (χ0v) is 10.5. The lowest BCUT2D eigenvalue weighted by Crippen LogP contribution is -2.24. The molecule has 2 heterocycles. The van der Waals surface area contributed by atoms with E-state index in [9.17, 15) is 0 Å². The minimum absolute atomic E-state index is 0.0839. The number of hydrogen-bond acceptors (Lipinski definition) is 2. The van der Waals surface area contributed by atoms with Crippen LogP contribution in [-0.4, -0.2) is 17.1 Å². The molecule has 2 aliphatic rings. The van der Waals surface area contributed by atoms with Gasteiger partial charge in [0.05, 0.1) is 13.2 Å². The molecule has 18 heavy (non-hydrogen) atoms. The van der Waals surface area contributed by atoms with Gasteiger partial charge in [-0.1, -0.05) is 6.07 Å². The van der Waals surface area contributed by atoms with E-state index in [1.807, 2.05) is 0 Å². The Balaban J connectivity index is 1.78. The summed E-state index contributed by atoms with van der Waals surface area (Å²) in [5.74, 6) is 0. The van der Waals surface area contributed by atoms with E-state index in [1.54, 1.807) is 0 Å². The highest BCUT2D eigenvalue weighted by Gasteiger charge is 2.38. The first-order valence-electron chi connectivity index (χ1n) is 6.73. The Labute approximate surface area is 106 Å². The van der Waals surface area contributed by atoms with Crippen molar-refractivity contribution in [3.8, 4) is 0 Å². The van der Waals surface area contributed by atoms with Crippen LogP contribution in [0.15, 0.2) is 18.2 Å². The summed E-state index contributed by atoms with van der Waals surface area (Å²) >= 11 is 0. The van der Waals surface area contributed by atoms with Crippen LogP contribution in [-0.2, 0) is 24.2 Å². The summed E-state index contributed by atoms with van der Waals surface area (Å²) in [6.07, 6.45) is 4.34. The third-order valence-corrected chi connectivity index (χ3v) is 4.25. The summed E-state index contributed by atoms with van der Waals surface area (Å²) in [5.41, 5.74) is 11.6. The molecule has 0 unspecified atom stereocenters. The van der Waals surface area contributed by atoms with Crippen molar-refractivity contribution in [2.24, 2.45) is 5.73 Å². The Hall–Kier alpha value is -1.32. The second kappa shape index (κ2) is 3.59. The lowest BCUT2D eigenvalue weighted by atomic mass is 10.0. The zero-order chi connectivity index (χ0) is 12.2. The smallest absolute Gasteiger partial charge is 0.0740 e. The van der Waals surface area contributed by atoms with Gasteiger partial charge in [0.1, 0.15) is 0 Å². The van der Waals surface area contributed by atoms with Crippen LogP contribution >= 0.6 is 0 Å². The maximum absolute atomic E-state index is 6.20. The maximum Gasteiger partial charge on any atom is 0.0740 e. The summed E-state index contributed by atoms with van der Waals surface area (Å²) in [5, 5.41) is 1.33. The molecule has 0 amide bonds. The van der Waals surface area contributed by atoms with Crippen LogP contribution in [0.1, 0.15) is 29.7 Å². The van der Waals surface area contributed by atoms with Gasteiger partial charge in [-0.3, -0.25) is 0 Å². The zero-order valence-electron chi connectivity index (χ0n) is 10.5. The van der Waals surface area contributed by atoms with Crippen molar-refractivity contribution in [3.63, 3.8) is 0 Å². The summed E-state index contributed by atoms with van der Waals surface area (Å²) in [6, 6.07) is 6.69. The molecule has 3 N–H and O–H groups in total. The number of ether oxygens (including phenoxy) is 1. The number of aromatic nitrogens is 1. The molecule has 0 bridgehead atoms. The Morgan fingerprint density at radius 1 is 1.33 bits per heavy atom. The van der Waals surface area contributed by atoms with Crippen molar-refractivity contribution in [2.75, 3.05) is 6.61 Å². The highest BCUT2D eigenvalue weighted by molar-refractivity contribution is 5.85. The Bertz CT molecular complexity index is 610. The lowest BCUT2D eigenvalue weighted by Gasteiger charge is -2.12. The minimum atomic E-state index is 0.0839. The second-order valence-electron chi connectivity index (χ2n) is 5.80. The molecule has 1 fully saturated rings. The van der Waals surface area contributed by atoms with E-state index in [1.165, 1.54) is 40.6 Å². The lowest BCUT2D eigenvalue weighted by molar-refractivity contribution is 0.111. The van der Waals surface area contributed by atoms with E-state index in [-0.39, 0.29) is 5.54 Å². The third-order valence-electron chi connectivity index (χ3n) is 4.25. The van der Waals surface area contributed by atoms with Gasteiger partial charge < -0.3 is 15.5 Å². The van der Waals surface area contributed by atoms with E-state index in [4.69, 9.17) is 10.5 Å². The molecule has 1 aliphatic heterocycles. The maximum atomic E-state index is 6.20. The van der Waals surface area contributed by atoms with Crippen LogP contribution in [0.25, 0.3) is 10.9 Å². The first kappa shape index (κ1) is 10.6. The van der Waals surface area contributed by atoms with Crippen LogP contribution in [0.5, 0.6) is 0 Å². The first-order valence-corrected chi connectivity index (χ1v) is 6.73. The number of hydrogen-bond donors (Lipinski definition) is 2. The number of nitrogens with two attached hydrogens (primary N) is 1. The molecule has 1 aromatic carbocycles. The molecular weight excluding hydrogens is 224 g/mol. The summed E-state index contributed by atoms with van der Waals surface area (Å²) in [6.45, 7) is 1.57. The average Bonchev–Trinajstić information content (AvgIpc) is 2.98. The van der Waals surface area contributed by atoms with E-state index < -0.39 is 0 Å².